The van der Waals surface area contributed by atoms with E-state index in [0.717, 1.165) is 10.9 Å². The van der Waals surface area contributed by atoms with Crippen LogP contribution in [0.15, 0.2) is 28.7 Å². The molecule has 0 spiro atoms. The molecule has 0 aliphatic carbocycles. The average molecular weight is 266 g/mol. The van der Waals surface area contributed by atoms with Gasteiger partial charge >= 0.3 is 0 Å². The van der Waals surface area contributed by atoms with Gasteiger partial charge in [0.2, 0.25) is 6.54 Å². The molecule has 0 aliphatic rings. The Labute approximate surface area is 95.3 Å². The zero-order chi connectivity index (χ0) is 9.97. The maximum absolute atomic E-state index is 6.74. The van der Waals surface area contributed by atoms with Gasteiger partial charge in [0.15, 0.2) is 0 Å². The van der Waals surface area contributed by atoms with E-state index >= 15 is 0 Å². The third-order valence-corrected chi connectivity index (χ3v) is 3.67. The summed E-state index contributed by atoms with van der Waals surface area (Å²) in [4.78, 5) is 4.67. The molecule has 1 heterocycles. The summed E-state index contributed by atoms with van der Waals surface area (Å²) in [5.41, 5.74) is 0. The van der Waals surface area contributed by atoms with Crippen LogP contribution in [0.3, 0.4) is 0 Å². The SMILES string of the molecule is [C-]#[N+]CCc1cc2cc(Br)ccc2s1. The van der Waals surface area contributed by atoms with Crippen LogP contribution < -0.4 is 0 Å². The molecule has 2 rings (SSSR count). The number of halogens is 1. The number of thiophene rings is 1. The zero-order valence-corrected chi connectivity index (χ0v) is 9.86. The molecule has 0 aliphatic heterocycles. The molecule has 1 aromatic heterocycles. The Balaban J connectivity index is 2.37. The van der Waals surface area contributed by atoms with E-state index < -0.39 is 0 Å². The largest absolute Gasteiger partial charge is 0.317 e. The fraction of sp³-hybridized carbons (Fsp3) is 0.182. The highest BCUT2D eigenvalue weighted by Crippen LogP contribution is 2.28. The maximum Gasteiger partial charge on any atom is 0.219 e. The van der Waals surface area contributed by atoms with Gasteiger partial charge in [-0.2, -0.15) is 0 Å². The highest BCUT2D eigenvalue weighted by atomic mass is 79.9. The highest BCUT2D eigenvalue weighted by molar-refractivity contribution is 9.10. The first-order chi connectivity index (χ1) is 6.79. The summed E-state index contributed by atoms with van der Waals surface area (Å²) in [5, 5.41) is 1.27. The number of rotatable bonds is 2. The lowest BCUT2D eigenvalue weighted by molar-refractivity contribution is 1.11. The lowest BCUT2D eigenvalue weighted by atomic mass is 10.2. The molecule has 1 aromatic carbocycles. The Hall–Kier alpha value is -0.850. The minimum atomic E-state index is 0.591. The highest BCUT2D eigenvalue weighted by Gasteiger charge is 2.02. The molecule has 14 heavy (non-hydrogen) atoms. The zero-order valence-electron chi connectivity index (χ0n) is 7.46. The van der Waals surface area contributed by atoms with Gasteiger partial charge in [-0.1, -0.05) is 15.9 Å². The van der Waals surface area contributed by atoms with Crippen LogP contribution in [0.2, 0.25) is 0 Å². The van der Waals surface area contributed by atoms with Crippen LogP contribution in [0.25, 0.3) is 14.9 Å². The van der Waals surface area contributed by atoms with Crippen molar-refractivity contribution in [3.8, 4) is 0 Å². The minimum Gasteiger partial charge on any atom is -0.317 e. The van der Waals surface area contributed by atoms with E-state index in [4.69, 9.17) is 6.57 Å². The van der Waals surface area contributed by atoms with Crippen molar-refractivity contribution in [1.29, 1.82) is 0 Å². The lowest BCUT2D eigenvalue weighted by Crippen LogP contribution is -1.80. The van der Waals surface area contributed by atoms with Crippen LogP contribution in [0.4, 0.5) is 0 Å². The van der Waals surface area contributed by atoms with Crippen LogP contribution in [-0.2, 0) is 6.42 Å². The molecule has 0 radical (unpaired) electrons. The van der Waals surface area contributed by atoms with Gasteiger partial charge in [0, 0.05) is 14.0 Å². The Morgan fingerprint density at radius 2 is 2.21 bits per heavy atom. The van der Waals surface area contributed by atoms with E-state index in [9.17, 15) is 0 Å². The smallest absolute Gasteiger partial charge is 0.219 e. The standard InChI is InChI=1S/C11H8BrNS/c1-13-5-4-10-7-8-6-9(12)2-3-11(8)14-10/h2-3,6-7H,4-5H2. The predicted molar refractivity (Wildman–Crippen MR) is 64.7 cm³/mol. The van der Waals surface area contributed by atoms with Crippen LogP contribution in [-0.4, -0.2) is 6.54 Å². The van der Waals surface area contributed by atoms with Crippen LogP contribution in [0, 0.1) is 6.57 Å². The fourth-order valence-corrected chi connectivity index (χ4v) is 2.77. The summed E-state index contributed by atoms with van der Waals surface area (Å²) in [6.45, 7) is 7.33. The number of fused-ring (bicyclic) bond motifs is 1. The van der Waals surface area contributed by atoms with Crippen LogP contribution in [0.1, 0.15) is 4.88 Å². The fourth-order valence-electron chi connectivity index (χ4n) is 1.36. The molecule has 0 N–H and O–H groups in total. The van der Waals surface area contributed by atoms with Gasteiger partial charge in [-0.3, -0.25) is 0 Å². The molecule has 0 saturated heterocycles. The second-order valence-corrected chi connectivity index (χ2v) is 5.11. The number of benzene rings is 1. The van der Waals surface area contributed by atoms with Gasteiger partial charge in [-0.05, 0) is 29.7 Å². The summed E-state index contributed by atoms with van der Waals surface area (Å²) in [6, 6.07) is 8.46. The normalized spacial score (nSPS) is 10.3. The Bertz CT molecular complexity index is 495. The third-order valence-electron chi connectivity index (χ3n) is 2.00. The van der Waals surface area contributed by atoms with Crippen molar-refractivity contribution >= 4 is 37.4 Å². The van der Waals surface area contributed by atoms with Crippen molar-refractivity contribution in [2.75, 3.05) is 6.54 Å². The topological polar surface area (TPSA) is 4.36 Å². The third kappa shape index (κ3) is 1.97. The van der Waals surface area contributed by atoms with Gasteiger partial charge in [0.1, 0.15) is 0 Å². The average Bonchev–Trinajstić information content (AvgIpc) is 2.56. The molecular formula is C11H8BrNS. The molecule has 3 heteroatoms. The molecular weight excluding hydrogens is 258 g/mol. The molecule has 0 atom stereocenters. The van der Waals surface area contributed by atoms with Crippen molar-refractivity contribution in [3.63, 3.8) is 0 Å². The van der Waals surface area contributed by atoms with Gasteiger partial charge in [-0.15, -0.1) is 11.3 Å². The molecule has 0 unspecified atom stereocenters. The summed E-state index contributed by atoms with van der Waals surface area (Å²) in [6.07, 6.45) is 0.875. The van der Waals surface area contributed by atoms with Crippen molar-refractivity contribution in [2.45, 2.75) is 6.42 Å². The predicted octanol–water partition coefficient (Wildman–Crippen LogP) is 4.13. The molecule has 70 valence electrons. The molecule has 0 amide bonds. The van der Waals surface area contributed by atoms with E-state index in [1.54, 1.807) is 11.3 Å². The Morgan fingerprint density at radius 1 is 1.36 bits per heavy atom. The van der Waals surface area contributed by atoms with Crippen molar-refractivity contribution < 1.29 is 0 Å². The first-order valence-electron chi connectivity index (χ1n) is 4.31. The first kappa shape index (κ1) is 9.70. The quantitative estimate of drug-likeness (QED) is 0.720. The van der Waals surface area contributed by atoms with Gasteiger partial charge < -0.3 is 4.85 Å². The van der Waals surface area contributed by atoms with Crippen molar-refractivity contribution in [2.24, 2.45) is 0 Å². The Kier molecular flexibility index (Phi) is 2.85. The van der Waals surface area contributed by atoms with Crippen LogP contribution >= 0.6 is 27.3 Å². The summed E-state index contributed by atoms with van der Waals surface area (Å²) >= 11 is 5.23. The minimum absolute atomic E-state index is 0.591. The van der Waals surface area contributed by atoms with E-state index in [0.29, 0.717) is 6.54 Å². The van der Waals surface area contributed by atoms with E-state index in [2.05, 4.69) is 45.0 Å². The van der Waals surface area contributed by atoms with E-state index in [1.165, 1.54) is 15.0 Å². The monoisotopic (exact) mass is 265 g/mol. The van der Waals surface area contributed by atoms with Crippen LogP contribution in [0.5, 0.6) is 0 Å². The molecule has 0 saturated carbocycles. The number of hydrogen-bond donors (Lipinski definition) is 0. The summed E-state index contributed by atoms with van der Waals surface area (Å²) < 4.78 is 2.41. The summed E-state index contributed by atoms with van der Waals surface area (Å²) in [7, 11) is 0. The molecule has 1 nitrogen and oxygen atoms in total. The molecule has 2 aromatic rings. The maximum atomic E-state index is 6.74. The van der Waals surface area contributed by atoms with Crippen molar-refractivity contribution in [1.82, 2.24) is 0 Å². The van der Waals surface area contributed by atoms with Crippen molar-refractivity contribution in [3.05, 3.63) is 45.0 Å². The second kappa shape index (κ2) is 4.12. The summed E-state index contributed by atoms with van der Waals surface area (Å²) in [5.74, 6) is 0. The number of nitrogens with zero attached hydrogens (tertiary/aromatic N) is 1. The lowest BCUT2D eigenvalue weighted by Gasteiger charge is -1.88. The van der Waals surface area contributed by atoms with Gasteiger partial charge in [0.25, 0.3) is 0 Å². The second-order valence-electron chi connectivity index (χ2n) is 3.03. The number of hydrogen-bond acceptors (Lipinski definition) is 1. The van der Waals surface area contributed by atoms with Gasteiger partial charge in [0.05, 0.1) is 6.42 Å². The van der Waals surface area contributed by atoms with Gasteiger partial charge in [-0.25, -0.2) is 6.57 Å². The molecule has 0 fully saturated rings. The Morgan fingerprint density at radius 3 is 3.00 bits per heavy atom. The molecule has 0 bridgehead atoms. The van der Waals surface area contributed by atoms with E-state index in [1.807, 2.05) is 0 Å². The van der Waals surface area contributed by atoms with E-state index in [-0.39, 0.29) is 0 Å². The first-order valence-corrected chi connectivity index (χ1v) is 5.92.